The predicted octanol–water partition coefficient (Wildman–Crippen LogP) is 2.70. The molecule has 0 aliphatic carbocycles. The third-order valence-corrected chi connectivity index (χ3v) is 2.60. The molecule has 1 rings (SSSR count). The van der Waals surface area contributed by atoms with E-state index in [1.54, 1.807) is 0 Å². The van der Waals surface area contributed by atoms with Gasteiger partial charge in [0.15, 0.2) is 0 Å². The molecule has 0 aromatic heterocycles. The highest BCUT2D eigenvalue weighted by molar-refractivity contribution is 5.88. The van der Waals surface area contributed by atoms with E-state index in [2.05, 4.69) is 10.6 Å². The van der Waals surface area contributed by atoms with Crippen molar-refractivity contribution in [3.63, 3.8) is 0 Å². The number of hydrogen-bond acceptors (Lipinski definition) is 3. The van der Waals surface area contributed by atoms with Gasteiger partial charge in [0, 0.05) is 31.3 Å². The Hall–Kier alpha value is -2.04. The monoisotopic (exact) mass is 264 g/mol. The van der Waals surface area contributed by atoms with Crippen LogP contribution in [0.3, 0.4) is 0 Å². The van der Waals surface area contributed by atoms with Crippen LogP contribution in [-0.2, 0) is 9.59 Å². The summed E-state index contributed by atoms with van der Waals surface area (Å²) in [5.41, 5.74) is 1.77. The summed E-state index contributed by atoms with van der Waals surface area (Å²) in [6.07, 6.45) is 2.81. The number of unbranched alkanes of at least 4 members (excludes halogenated alkanes) is 2. The Morgan fingerprint density at radius 2 is 1.68 bits per heavy atom. The molecular formula is C14H20N2O3. The minimum atomic E-state index is -0.735. The Morgan fingerprint density at radius 3 is 2.26 bits per heavy atom. The molecule has 0 saturated carbocycles. The number of amides is 1. The van der Waals surface area contributed by atoms with Gasteiger partial charge in [-0.2, -0.15) is 0 Å². The molecule has 0 saturated heterocycles. The highest BCUT2D eigenvalue weighted by Crippen LogP contribution is 2.13. The van der Waals surface area contributed by atoms with Crippen LogP contribution in [0.4, 0.5) is 11.4 Å². The second kappa shape index (κ2) is 8.13. The number of carbonyl (C=O) groups is 2. The van der Waals surface area contributed by atoms with Crippen molar-refractivity contribution in [2.24, 2.45) is 0 Å². The summed E-state index contributed by atoms with van der Waals surface area (Å²) in [6, 6.07) is 7.49. The largest absolute Gasteiger partial charge is 0.481 e. The number of benzene rings is 1. The lowest BCUT2D eigenvalue weighted by Gasteiger charge is -2.07. The first-order valence-electron chi connectivity index (χ1n) is 6.41. The van der Waals surface area contributed by atoms with Crippen LogP contribution < -0.4 is 10.6 Å². The van der Waals surface area contributed by atoms with Crippen molar-refractivity contribution in [3.05, 3.63) is 24.3 Å². The van der Waals surface area contributed by atoms with Crippen molar-refractivity contribution in [3.8, 4) is 0 Å². The predicted molar refractivity (Wildman–Crippen MR) is 75.3 cm³/mol. The molecule has 19 heavy (non-hydrogen) atoms. The molecule has 1 aromatic carbocycles. The summed E-state index contributed by atoms with van der Waals surface area (Å²) in [5.74, 6) is -0.819. The summed E-state index contributed by atoms with van der Waals surface area (Å²) in [7, 11) is 0. The molecule has 0 unspecified atom stereocenters. The van der Waals surface area contributed by atoms with Crippen LogP contribution in [0.5, 0.6) is 0 Å². The lowest BCUT2D eigenvalue weighted by atomic mass is 10.2. The van der Waals surface area contributed by atoms with Crippen molar-refractivity contribution in [2.75, 3.05) is 17.2 Å². The van der Waals surface area contributed by atoms with Gasteiger partial charge in [-0.05, 0) is 37.1 Å². The fourth-order valence-electron chi connectivity index (χ4n) is 1.69. The van der Waals surface area contributed by atoms with Gasteiger partial charge in [-0.25, -0.2) is 0 Å². The molecule has 0 radical (unpaired) electrons. The minimum Gasteiger partial charge on any atom is -0.481 e. The van der Waals surface area contributed by atoms with E-state index in [1.807, 2.05) is 24.3 Å². The number of hydrogen-bond donors (Lipinski definition) is 3. The molecule has 0 spiro atoms. The van der Waals surface area contributed by atoms with Gasteiger partial charge in [0.25, 0.3) is 0 Å². The molecule has 0 bridgehead atoms. The van der Waals surface area contributed by atoms with Gasteiger partial charge in [-0.15, -0.1) is 0 Å². The van der Waals surface area contributed by atoms with E-state index >= 15 is 0 Å². The van der Waals surface area contributed by atoms with Gasteiger partial charge in [0.1, 0.15) is 0 Å². The molecule has 0 heterocycles. The van der Waals surface area contributed by atoms with Gasteiger partial charge in [0.2, 0.25) is 5.91 Å². The fourth-order valence-corrected chi connectivity index (χ4v) is 1.69. The molecule has 5 nitrogen and oxygen atoms in total. The second-order valence-corrected chi connectivity index (χ2v) is 4.39. The number of anilines is 2. The average molecular weight is 264 g/mol. The van der Waals surface area contributed by atoms with Crippen molar-refractivity contribution >= 4 is 23.3 Å². The summed E-state index contributed by atoms with van der Waals surface area (Å²) in [6.45, 7) is 2.29. The van der Waals surface area contributed by atoms with Crippen molar-refractivity contribution in [1.82, 2.24) is 0 Å². The topological polar surface area (TPSA) is 78.4 Å². The lowest BCUT2D eigenvalue weighted by Crippen LogP contribution is -2.06. The molecule has 0 aliphatic rings. The number of aliphatic carboxylic acids is 1. The first-order valence-corrected chi connectivity index (χ1v) is 6.41. The smallest absolute Gasteiger partial charge is 0.303 e. The summed E-state index contributed by atoms with van der Waals surface area (Å²) < 4.78 is 0. The van der Waals surface area contributed by atoms with Gasteiger partial charge in [-0.3, -0.25) is 9.59 Å². The highest BCUT2D eigenvalue weighted by Gasteiger charge is 1.98. The standard InChI is InChI=1S/C14H20N2O3/c1-11(17)16-13-8-6-12(7-9-13)15-10-4-2-3-5-14(18)19/h6-9,15H,2-5,10H2,1H3,(H,16,17)(H,18,19). The number of nitrogens with one attached hydrogen (secondary N) is 2. The first kappa shape index (κ1) is 15.0. The maximum Gasteiger partial charge on any atom is 0.303 e. The highest BCUT2D eigenvalue weighted by atomic mass is 16.4. The van der Waals surface area contributed by atoms with E-state index in [1.165, 1.54) is 6.92 Å². The zero-order chi connectivity index (χ0) is 14.1. The van der Waals surface area contributed by atoms with Gasteiger partial charge < -0.3 is 15.7 Å². The van der Waals surface area contributed by atoms with E-state index in [4.69, 9.17) is 5.11 Å². The Morgan fingerprint density at radius 1 is 1.05 bits per heavy atom. The second-order valence-electron chi connectivity index (χ2n) is 4.39. The van der Waals surface area contributed by atoms with Crippen LogP contribution in [-0.4, -0.2) is 23.5 Å². The van der Waals surface area contributed by atoms with Crippen molar-refractivity contribution in [2.45, 2.75) is 32.6 Å². The van der Waals surface area contributed by atoms with Crippen molar-refractivity contribution in [1.29, 1.82) is 0 Å². The third-order valence-electron chi connectivity index (χ3n) is 2.60. The van der Waals surface area contributed by atoms with Crippen LogP contribution in [0, 0.1) is 0 Å². The quantitative estimate of drug-likeness (QED) is 0.631. The first-order chi connectivity index (χ1) is 9.08. The minimum absolute atomic E-state index is 0.0841. The van der Waals surface area contributed by atoms with Crippen LogP contribution in [0.25, 0.3) is 0 Å². The zero-order valence-corrected chi connectivity index (χ0v) is 11.1. The molecule has 0 atom stereocenters. The molecule has 1 aromatic rings. The number of rotatable bonds is 8. The van der Waals surface area contributed by atoms with E-state index in [0.29, 0.717) is 0 Å². The van der Waals surface area contributed by atoms with E-state index < -0.39 is 5.97 Å². The number of carboxylic acid groups (broad SMARTS) is 1. The van der Waals surface area contributed by atoms with E-state index in [-0.39, 0.29) is 12.3 Å². The third kappa shape index (κ3) is 7.08. The molecular weight excluding hydrogens is 244 g/mol. The molecule has 1 amide bonds. The van der Waals surface area contributed by atoms with E-state index in [0.717, 1.165) is 37.2 Å². The van der Waals surface area contributed by atoms with Crippen LogP contribution in [0.1, 0.15) is 32.6 Å². The molecule has 3 N–H and O–H groups in total. The Bertz CT molecular complexity index is 415. The lowest BCUT2D eigenvalue weighted by molar-refractivity contribution is -0.137. The summed E-state index contributed by atoms with van der Waals surface area (Å²) in [5, 5.41) is 14.4. The maximum atomic E-state index is 10.8. The molecule has 5 heteroatoms. The van der Waals surface area contributed by atoms with Crippen LogP contribution in [0.2, 0.25) is 0 Å². The normalized spacial score (nSPS) is 9.95. The molecule has 104 valence electrons. The van der Waals surface area contributed by atoms with E-state index in [9.17, 15) is 9.59 Å². The summed E-state index contributed by atoms with van der Waals surface area (Å²) >= 11 is 0. The van der Waals surface area contributed by atoms with Gasteiger partial charge in [0.05, 0.1) is 0 Å². The maximum absolute atomic E-state index is 10.8. The Balaban J connectivity index is 2.19. The Kier molecular flexibility index (Phi) is 6.43. The average Bonchev–Trinajstić information content (AvgIpc) is 2.34. The van der Waals surface area contributed by atoms with Gasteiger partial charge >= 0.3 is 5.97 Å². The molecule has 0 aliphatic heterocycles. The number of carbonyl (C=O) groups excluding carboxylic acids is 1. The molecule has 0 fully saturated rings. The fraction of sp³-hybridized carbons (Fsp3) is 0.429. The van der Waals surface area contributed by atoms with Crippen molar-refractivity contribution < 1.29 is 14.7 Å². The van der Waals surface area contributed by atoms with Crippen LogP contribution in [0.15, 0.2) is 24.3 Å². The summed E-state index contributed by atoms with van der Waals surface area (Å²) in [4.78, 5) is 21.2. The SMILES string of the molecule is CC(=O)Nc1ccc(NCCCCCC(=O)O)cc1. The zero-order valence-electron chi connectivity index (χ0n) is 11.1. The Labute approximate surface area is 113 Å². The van der Waals surface area contributed by atoms with Gasteiger partial charge in [-0.1, -0.05) is 6.42 Å². The number of carboxylic acids is 1. The van der Waals surface area contributed by atoms with Crippen LogP contribution >= 0.6 is 0 Å².